The van der Waals surface area contributed by atoms with E-state index in [0.717, 1.165) is 57.8 Å². The Balaban J connectivity index is 4.29. The molecular weight excluding hydrogens is 925 g/mol. The zero-order valence-corrected chi connectivity index (χ0v) is 50.8. The number of carbonyl (C=O) groups is 3. The van der Waals surface area contributed by atoms with Crippen molar-refractivity contribution in [2.75, 3.05) is 13.2 Å². The van der Waals surface area contributed by atoms with Gasteiger partial charge in [-0.2, -0.15) is 0 Å². The molecule has 0 aliphatic heterocycles. The molecule has 0 rings (SSSR count). The topological polar surface area (TPSA) is 78.9 Å². The van der Waals surface area contributed by atoms with Gasteiger partial charge >= 0.3 is 17.9 Å². The molecule has 442 valence electrons. The van der Waals surface area contributed by atoms with Gasteiger partial charge in [0.15, 0.2) is 6.10 Å². The first-order chi connectivity index (χ1) is 37.0. The van der Waals surface area contributed by atoms with Gasteiger partial charge in [0, 0.05) is 19.3 Å². The summed E-state index contributed by atoms with van der Waals surface area (Å²) in [4.78, 5) is 38.4. The molecule has 0 fully saturated rings. The lowest BCUT2D eigenvalue weighted by molar-refractivity contribution is -0.167. The first-order valence-corrected chi connectivity index (χ1v) is 33.8. The largest absolute Gasteiger partial charge is 0.462 e. The van der Waals surface area contributed by atoms with Crippen LogP contribution in [0.1, 0.15) is 380 Å². The van der Waals surface area contributed by atoms with Gasteiger partial charge in [-0.25, -0.2) is 0 Å². The zero-order chi connectivity index (χ0) is 54.3. The van der Waals surface area contributed by atoms with Crippen molar-refractivity contribution in [3.8, 4) is 0 Å². The minimum Gasteiger partial charge on any atom is -0.462 e. The number of unbranched alkanes of at least 4 members (excludes halogenated alkanes) is 48. The number of allylic oxidation sites excluding steroid dienone is 4. The van der Waals surface area contributed by atoms with E-state index in [1.165, 1.54) is 283 Å². The normalized spacial score (nSPS) is 12.1. The molecular formula is C69H130O6. The number of carbonyl (C=O) groups excluding carboxylic acids is 3. The van der Waals surface area contributed by atoms with Crippen LogP contribution in [0.25, 0.3) is 0 Å². The summed E-state index contributed by atoms with van der Waals surface area (Å²) in [5, 5.41) is 0. The summed E-state index contributed by atoms with van der Waals surface area (Å²) >= 11 is 0. The van der Waals surface area contributed by atoms with E-state index in [1.807, 2.05) is 0 Å². The first kappa shape index (κ1) is 72.9. The molecule has 0 aromatic rings. The van der Waals surface area contributed by atoms with E-state index in [4.69, 9.17) is 14.2 Å². The van der Waals surface area contributed by atoms with Gasteiger partial charge < -0.3 is 14.2 Å². The summed E-state index contributed by atoms with van der Waals surface area (Å²) in [6.07, 6.45) is 77.6. The van der Waals surface area contributed by atoms with Crippen molar-refractivity contribution in [2.45, 2.75) is 386 Å². The van der Waals surface area contributed by atoms with Crippen molar-refractivity contribution in [3.05, 3.63) is 24.3 Å². The quantitative estimate of drug-likeness (QED) is 0.0261. The van der Waals surface area contributed by atoms with Gasteiger partial charge in [0.25, 0.3) is 0 Å². The maximum Gasteiger partial charge on any atom is 0.306 e. The second-order valence-electron chi connectivity index (χ2n) is 23.1. The van der Waals surface area contributed by atoms with Gasteiger partial charge in [-0.3, -0.25) is 14.4 Å². The Morgan fingerprint density at radius 2 is 0.440 bits per heavy atom. The lowest BCUT2D eigenvalue weighted by Gasteiger charge is -2.18. The number of hydrogen-bond donors (Lipinski definition) is 0. The molecule has 75 heavy (non-hydrogen) atoms. The average Bonchev–Trinajstić information content (AvgIpc) is 3.41. The van der Waals surface area contributed by atoms with Crippen molar-refractivity contribution in [3.63, 3.8) is 0 Å². The molecule has 6 heteroatoms. The van der Waals surface area contributed by atoms with Crippen molar-refractivity contribution >= 4 is 17.9 Å². The molecule has 0 amide bonds. The third-order valence-electron chi connectivity index (χ3n) is 15.4. The second-order valence-corrected chi connectivity index (χ2v) is 23.1. The Morgan fingerprint density at radius 1 is 0.253 bits per heavy atom. The third kappa shape index (κ3) is 62.6. The Morgan fingerprint density at radius 3 is 0.667 bits per heavy atom. The lowest BCUT2D eigenvalue weighted by Crippen LogP contribution is -2.30. The molecule has 1 unspecified atom stereocenters. The highest BCUT2D eigenvalue weighted by molar-refractivity contribution is 5.71. The van der Waals surface area contributed by atoms with Gasteiger partial charge in [-0.05, 0) is 70.6 Å². The van der Waals surface area contributed by atoms with Crippen molar-refractivity contribution in [1.29, 1.82) is 0 Å². The fourth-order valence-corrected chi connectivity index (χ4v) is 10.3. The molecule has 6 nitrogen and oxygen atoms in total. The summed E-state index contributed by atoms with van der Waals surface area (Å²) in [6.45, 7) is 6.71. The Labute approximate surface area is 468 Å². The minimum absolute atomic E-state index is 0.0677. The van der Waals surface area contributed by atoms with Gasteiger partial charge in [-0.15, -0.1) is 0 Å². The molecule has 0 aromatic carbocycles. The van der Waals surface area contributed by atoms with E-state index in [1.54, 1.807) is 0 Å². The van der Waals surface area contributed by atoms with Crippen LogP contribution in [0.4, 0.5) is 0 Å². The number of ether oxygens (including phenoxy) is 3. The van der Waals surface area contributed by atoms with Gasteiger partial charge in [0.2, 0.25) is 0 Å². The third-order valence-corrected chi connectivity index (χ3v) is 15.4. The molecule has 0 spiro atoms. The molecule has 0 saturated heterocycles. The van der Waals surface area contributed by atoms with Crippen LogP contribution >= 0.6 is 0 Å². The van der Waals surface area contributed by atoms with Gasteiger partial charge in [0.1, 0.15) is 13.2 Å². The van der Waals surface area contributed by atoms with Crippen molar-refractivity contribution < 1.29 is 28.6 Å². The SMILES string of the molecule is CCCCCCCCC/C=C\CCCCCCCCCC(=O)OC(COC(=O)CCCCCCCCCCCCC/C=C\CCCCCCCCCC)COC(=O)CCCCCCCCCCCCCCCCCC. The maximum absolute atomic E-state index is 12.9. The monoisotopic (exact) mass is 1050 g/mol. The van der Waals surface area contributed by atoms with Crippen LogP contribution in [0.5, 0.6) is 0 Å². The van der Waals surface area contributed by atoms with E-state index in [9.17, 15) is 14.4 Å². The summed E-state index contributed by atoms with van der Waals surface area (Å²) in [7, 11) is 0. The lowest BCUT2D eigenvalue weighted by atomic mass is 10.0. The molecule has 0 aliphatic rings. The summed E-state index contributed by atoms with van der Waals surface area (Å²) in [5.41, 5.74) is 0. The summed E-state index contributed by atoms with van der Waals surface area (Å²) in [6, 6.07) is 0. The standard InChI is InChI=1S/C69H130O6/c1-4-7-10-13-16-19-22-25-28-31-33-34-35-36-37-39-41-44-47-50-53-56-59-62-68(71)74-65-66(64-73-67(70)61-58-55-52-49-46-43-40-30-27-24-21-18-15-12-9-6-3)75-69(72)63-60-57-54-51-48-45-42-38-32-29-26-23-20-17-14-11-8-5-2/h29,31-33,66H,4-28,30,34-65H2,1-3H3/b32-29-,33-31-. The van der Waals surface area contributed by atoms with Gasteiger partial charge in [-0.1, -0.05) is 315 Å². The zero-order valence-electron chi connectivity index (χ0n) is 50.8. The van der Waals surface area contributed by atoms with Crippen LogP contribution in [0, 0.1) is 0 Å². The van der Waals surface area contributed by atoms with Crippen LogP contribution in [-0.4, -0.2) is 37.2 Å². The smallest absolute Gasteiger partial charge is 0.306 e. The molecule has 0 saturated carbocycles. The van der Waals surface area contributed by atoms with Crippen molar-refractivity contribution in [2.24, 2.45) is 0 Å². The highest BCUT2D eigenvalue weighted by Crippen LogP contribution is 2.18. The summed E-state index contributed by atoms with van der Waals surface area (Å²) < 4.78 is 17.0. The van der Waals surface area contributed by atoms with Crippen LogP contribution in [-0.2, 0) is 28.6 Å². The van der Waals surface area contributed by atoms with E-state index in [0.29, 0.717) is 19.3 Å². The average molecular weight is 1060 g/mol. The molecule has 0 heterocycles. The first-order valence-electron chi connectivity index (χ1n) is 33.8. The summed E-state index contributed by atoms with van der Waals surface area (Å²) in [5.74, 6) is -0.843. The van der Waals surface area contributed by atoms with Crippen LogP contribution in [0.15, 0.2) is 24.3 Å². The molecule has 0 N–H and O–H groups in total. The van der Waals surface area contributed by atoms with Crippen LogP contribution in [0.3, 0.4) is 0 Å². The molecule has 0 bridgehead atoms. The van der Waals surface area contributed by atoms with E-state index in [2.05, 4.69) is 45.1 Å². The Hall–Kier alpha value is -2.11. The second kappa shape index (κ2) is 64.4. The predicted molar refractivity (Wildman–Crippen MR) is 326 cm³/mol. The van der Waals surface area contributed by atoms with Crippen LogP contribution in [0.2, 0.25) is 0 Å². The van der Waals surface area contributed by atoms with Crippen LogP contribution < -0.4 is 0 Å². The molecule has 0 aromatic heterocycles. The van der Waals surface area contributed by atoms with E-state index in [-0.39, 0.29) is 31.1 Å². The highest BCUT2D eigenvalue weighted by atomic mass is 16.6. The minimum atomic E-state index is -0.771. The Kier molecular flexibility index (Phi) is 62.6. The maximum atomic E-state index is 12.9. The molecule has 1 atom stereocenters. The number of hydrogen-bond acceptors (Lipinski definition) is 6. The number of esters is 3. The number of rotatable bonds is 63. The molecule has 0 aliphatic carbocycles. The van der Waals surface area contributed by atoms with E-state index < -0.39 is 6.10 Å². The highest BCUT2D eigenvalue weighted by Gasteiger charge is 2.19. The van der Waals surface area contributed by atoms with Gasteiger partial charge in [0.05, 0.1) is 0 Å². The van der Waals surface area contributed by atoms with Crippen molar-refractivity contribution in [1.82, 2.24) is 0 Å². The Bertz CT molecular complexity index is 1210. The fraction of sp³-hybridized carbons (Fsp3) is 0.899. The van der Waals surface area contributed by atoms with E-state index >= 15 is 0 Å². The fourth-order valence-electron chi connectivity index (χ4n) is 10.3. The molecule has 0 radical (unpaired) electrons. The predicted octanol–water partition coefficient (Wildman–Crippen LogP) is 23.0.